The SMILES string of the molecule is C=C(c1ccccc1)S(=O)(=O)c1ccc(/C=C/C(=O)OCC#CCO)cc1. The lowest BCUT2D eigenvalue weighted by Gasteiger charge is -2.08. The highest BCUT2D eigenvalue weighted by atomic mass is 32.2. The summed E-state index contributed by atoms with van der Waals surface area (Å²) in [4.78, 5) is 11.7. The Labute approximate surface area is 158 Å². The van der Waals surface area contributed by atoms with Crippen molar-refractivity contribution in [1.29, 1.82) is 0 Å². The van der Waals surface area contributed by atoms with Crippen molar-refractivity contribution in [2.75, 3.05) is 13.2 Å². The molecule has 0 spiro atoms. The molecule has 6 heteroatoms. The Morgan fingerprint density at radius 3 is 2.37 bits per heavy atom. The van der Waals surface area contributed by atoms with Gasteiger partial charge >= 0.3 is 5.97 Å². The first-order chi connectivity index (χ1) is 12.9. The Kier molecular flexibility index (Phi) is 7.12. The van der Waals surface area contributed by atoms with Crippen LogP contribution in [0.15, 0.2) is 72.1 Å². The summed E-state index contributed by atoms with van der Waals surface area (Å²) >= 11 is 0. The van der Waals surface area contributed by atoms with E-state index in [9.17, 15) is 13.2 Å². The third-order valence-electron chi connectivity index (χ3n) is 3.51. The van der Waals surface area contributed by atoms with E-state index in [0.717, 1.165) is 0 Å². The van der Waals surface area contributed by atoms with E-state index in [4.69, 9.17) is 9.84 Å². The van der Waals surface area contributed by atoms with E-state index < -0.39 is 15.8 Å². The standard InChI is InChI=1S/C21H18O5S/c1-17(19-7-3-2-4-8-19)27(24,25)20-12-9-18(10-13-20)11-14-21(23)26-16-6-5-15-22/h2-4,7-14,22H,1,15-16H2/b14-11+. The normalized spacial score (nSPS) is 10.9. The molecule has 2 aromatic carbocycles. The molecule has 0 atom stereocenters. The lowest BCUT2D eigenvalue weighted by atomic mass is 10.2. The molecule has 1 N–H and O–H groups in total. The molecule has 0 aliphatic rings. The second-order valence-electron chi connectivity index (χ2n) is 5.31. The quantitative estimate of drug-likeness (QED) is 0.472. The highest BCUT2D eigenvalue weighted by Gasteiger charge is 2.19. The Bertz CT molecular complexity index is 992. The van der Waals surface area contributed by atoms with Gasteiger partial charge in [0.15, 0.2) is 6.61 Å². The second kappa shape index (κ2) is 9.53. The average Bonchev–Trinajstić information content (AvgIpc) is 2.70. The summed E-state index contributed by atoms with van der Waals surface area (Å²) < 4.78 is 30.1. The maximum atomic E-state index is 12.7. The molecule has 138 valence electrons. The molecule has 0 bridgehead atoms. The molecule has 0 unspecified atom stereocenters. The molecule has 0 saturated heterocycles. The molecule has 0 radical (unpaired) electrons. The molecular formula is C21H18O5S. The number of benzene rings is 2. The number of aliphatic hydroxyl groups is 1. The summed E-state index contributed by atoms with van der Waals surface area (Å²) in [6, 6.07) is 14.8. The van der Waals surface area contributed by atoms with E-state index in [0.29, 0.717) is 11.1 Å². The van der Waals surface area contributed by atoms with Crippen molar-refractivity contribution in [2.45, 2.75) is 4.90 Å². The van der Waals surface area contributed by atoms with Gasteiger partial charge in [-0.15, -0.1) is 0 Å². The molecule has 0 aliphatic carbocycles. The van der Waals surface area contributed by atoms with Gasteiger partial charge in [-0.3, -0.25) is 0 Å². The fraction of sp³-hybridized carbons (Fsp3) is 0.0952. The number of sulfone groups is 1. The molecule has 0 amide bonds. The third-order valence-corrected chi connectivity index (χ3v) is 5.29. The lowest BCUT2D eigenvalue weighted by molar-refractivity contribution is -0.136. The van der Waals surface area contributed by atoms with Gasteiger partial charge in [-0.25, -0.2) is 13.2 Å². The maximum Gasteiger partial charge on any atom is 0.331 e. The number of esters is 1. The van der Waals surface area contributed by atoms with Crippen LogP contribution in [0, 0.1) is 11.8 Å². The minimum atomic E-state index is -3.70. The van der Waals surface area contributed by atoms with Crippen LogP contribution in [0.4, 0.5) is 0 Å². The summed E-state index contributed by atoms with van der Waals surface area (Å²) in [5.41, 5.74) is 1.17. The zero-order chi connectivity index (χ0) is 19.7. The van der Waals surface area contributed by atoms with Gasteiger partial charge in [0.1, 0.15) is 6.61 Å². The van der Waals surface area contributed by atoms with Crippen LogP contribution in [0.3, 0.4) is 0 Å². The summed E-state index contributed by atoms with van der Waals surface area (Å²) in [5, 5.41) is 8.49. The number of hydrogen-bond donors (Lipinski definition) is 1. The van der Waals surface area contributed by atoms with Gasteiger partial charge in [-0.1, -0.05) is 60.9 Å². The summed E-state index contributed by atoms with van der Waals surface area (Å²) in [7, 11) is -3.70. The Balaban J connectivity index is 2.07. The highest BCUT2D eigenvalue weighted by molar-refractivity contribution is 8.00. The van der Waals surface area contributed by atoms with Crippen LogP contribution in [-0.4, -0.2) is 32.7 Å². The zero-order valence-electron chi connectivity index (χ0n) is 14.5. The van der Waals surface area contributed by atoms with Crippen molar-refractivity contribution in [3.8, 4) is 11.8 Å². The lowest BCUT2D eigenvalue weighted by Crippen LogP contribution is -2.03. The van der Waals surface area contributed by atoms with Gasteiger partial charge in [0.2, 0.25) is 9.84 Å². The fourth-order valence-electron chi connectivity index (χ4n) is 2.11. The predicted molar refractivity (Wildman–Crippen MR) is 104 cm³/mol. The minimum Gasteiger partial charge on any atom is -0.449 e. The van der Waals surface area contributed by atoms with Gasteiger partial charge in [-0.2, -0.15) is 0 Å². The number of aliphatic hydroxyl groups excluding tert-OH is 1. The molecule has 2 rings (SSSR count). The minimum absolute atomic E-state index is 0.0268. The molecule has 5 nitrogen and oxygen atoms in total. The van der Waals surface area contributed by atoms with E-state index in [1.807, 2.05) is 0 Å². The summed E-state index contributed by atoms with van der Waals surface area (Å²) in [6.07, 6.45) is 2.72. The van der Waals surface area contributed by atoms with Crippen molar-refractivity contribution in [2.24, 2.45) is 0 Å². The molecule has 0 aliphatic heterocycles. The Hall–Kier alpha value is -3.14. The topological polar surface area (TPSA) is 80.7 Å². The first kappa shape index (κ1) is 20.2. The largest absolute Gasteiger partial charge is 0.449 e. The van der Waals surface area contributed by atoms with Crippen LogP contribution in [0.2, 0.25) is 0 Å². The van der Waals surface area contributed by atoms with E-state index in [1.54, 1.807) is 42.5 Å². The van der Waals surface area contributed by atoms with Crippen molar-refractivity contribution < 1.29 is 23.1 Å². The van der Waals surface area contributed by atoms with E-state index in [2.05, 4.69) is 18.4 Å². The van der Waals surface area contributed by atoms with Gasteiger partial charge in [0.25, 0.3) is 0 Å². The molecule has 0 saturated carbocycles. The van der Waals surface area contributed by atoms with Crippen molar-refractivity contribution >= 4 is 26.8 Å². The van der Waals surface area contributed by atoms with Gasteiger partial charge in [0, 0.05) is 6.08 Å². The van der Waals surface area contributed by atoms with Gasteiger partial charge in [0.05, 0.1) is 9.80 Å². The number of carbonyl (C=O) groups excluding carboxylic acids is 1. The average molecular weight is 382 g/mol. The summed E-state index contributed by atoms with van der Waals surface area (Å²) in [6.45, 7) is 3.31. The number of ether oxygens (including phenoxy) is 1. The zero-order valence-corrected chi connectivity index (χ0v) is 15.3. The first-order valence-corrected chi connectivity index (χ1v) is 9.44. The van der Waals surface area contributed by atoms with Crippen LogP contribution in [0.5, 0.6) is 0 Å². The molecule has 2 aromatic rings. The Morgan fingerprint density at radius 2 is 1.74 bits per heavy atom. The van der Waals surface area contributed by atoms with Gasteiger partial charge < -0.3 is 9.84 Å². The van der Waals surface area contributed by atoms with Crippen LogP contribution in [-0.2, 0) is 19.4 Å². The molecule has 0 aromatic heterocycles. The number of rotatable bonds is 6. The molecule has 0 heterocycles. The van der Waals surface area contributed by atoms with Crippen LogP contribution < -0.4 is 0 Å². The fourth-order valence-corrected chi connectivity index (χ4v) is 3.33. The number of hydrogen-bond acceptors (Lipinski definition) is 5. The molecular weight excluding hydrogens is 364 g/mol. The number of carbonyl (C=O) groups is 1. The van der Waals surface area contributed by atoms with Crippen LogP contribution in [0.25, 0.3) is 11.0 Å². The second-order valence-corrected chi connectivity index (χ2v) is 7.29. The monoisotopic (exact) mass is 382 g/mol. The maximum absolute atomic E-state index is 12.7. The van der Waals surface area contributed by atoms with E-state index in [-0.39, 0.29) is 23.0 Å². The van der Waals surface area contributed by atoms with Crippen molar-refractivity contribution in [3.05, 3.63) is 78.4 Å². The van der Waals surface area contributed by atoms with E-state index >= 15 is 0 Å². The Morgan fingerprint density at radius 1 is 1.07 bits per heavy atom. The van der Waals surface area contributed by atoms with Crippen LogP contribution >= 0.6 is 0 Å². The smallest absolute Gasteiger partial charge is 0.331 e. The van der Waals surface area contributed by atoms with Crippen molar-refractivity contribution in [3.63, 3.8) is 0 Å². The van der Waals surface area contributed by atoms with Crippen LogP contribution in [0.1, 0.15) is 11.1 Å². The third kappa shape index (κ3) is 5.68. The molecule has 0 fully saturated rings. The van der Waals surface area contributed by atoms with E-state index in [1.165, 1.54) is 24.3 Å². The predicted octanol–water partition coefficient (Wildman–Crippen LogP) is 2.68. The highest BCUT2D eigenvalue weighted by Crippen LogP contribution is 2.26. The summed E-state index contributed by atoms with van der Waals surface area (Å²) in [5.74, 6) is 4.23. The van der Waals surface area contributed by atoms with Gasteiger partial charge in [-0.05, 0) is 29.3 Å². The van der Waals surface area contributed by atoms with Crippen molar-refractivity contribution in [1.82, 2.24) is 0 Å². The molecule has 27 heavy (non-hydrogen) atoms. The first-order valence-electron chi connectivity index (χ1n) is 7.96.